The van der Waals surface area contributed by atoms with Crippen molar-refractivity contribution in [3.05, 3.63) is 88.2 Å². The average Bonchev–Trinajstić information content (AvgIpc) is 2.79. The number of amides is 1. The molecule has 31 heavy (non-hydrogen) atoms. The number of nitrogens with one attached hydrogen (secondary N) is 1. The summed E-state index contributed by atoms with van der Waals surface area (Å²) < 4.78 is 11.5. The smallest absolute Gasteiger partial charge is 0.274 e. The Morgan fingerprint density at radius 1 is 1.19 bits per heavy atom. The standard InChI is InChI=1S/C23H19ClN4O3/c1-2-30-21-12-16(14-27-28-23(29)19-8-5-11-26-22(19)24)9-10-20(21)31-15-18-7-4-3-6-17(18)13-25/h3-12,14H,2,15H2,1H3,(H,28,29). The van der Waals surface area contributed by atoms with Crippen molar-refractivity contribution >= 4 is 23.7 Å². The van der Waals surface area contributed by atoms with Crippen molar-refractivity contribution in [1.29, 1.82) is 5.26 Å². The van der Waals surface area contributed by atoms with Gasteiger partial charge in [-0.3, -0.25) is 4.79 Å². The molecule has 1 aromatic heterocycles. The summed E-state index contributed by atoms with van der Waals surface area (Å²) in [5.74, 6) is 0.607. The number of halogens is 1. The second-order valence-corrected chi connectivity index (χ2v) is 6.60. The van der Waals surface area contributed by atoms with Gasteiger partial charge in [0, 0.05) is 11.8 Å². The van der Waals surface area contributed by atoms with E-state index in [2.05, 4.69) is 21.6 Å². The molecule has 0 aliphatic rings. The topological polar surface area (TPSA) is 96.6 Å². The minimum Gasteiger partial charge on any atom is -0.490 e. The predicted molar refractivity (Wildman–Crippen MR) is 117 cm³/mol. The zero-order valence-corrected chi connectivity index (χ0v) is 17.5. The van der Waals surface area contributed by atoms with Gasteiger partial charge in [-0.05, 0) is 48.9 Å². The first-order valence-electron chi connectivity index (χ1n) is 9.44. The van der Waals surface area contributed by atoms with Crippen LogP contribution < -0.4 is 14.9 Å². The molecule has 0 radical (unpaired) electrons. The molecule has 0 spiro atoms. The lowest BCUT2D eigenvalue weighted by molar-refractivity contribution is 0.0955. The first-order valence-corrected chi connectivity index (χ1v) is 9.81. The summed E-state index contributed by atoms with van der Waals surface area (Å²) in [7, 11) is 0. The second-order valence-electron chi connectivity index (χ2n) is 6.24. The van der Waals surface area contributed by atoms with E-state index in [1.807, 2.05) is 25.1 Å². The van der Waals surface area contributed by atoms with E-state index >= 15 is 0 Å². The molecule has 3 rings (SSSR count). The molecule has 1 N–H and O–H groups in total. The molecule has 0 bridgehead atoms. The lowest BCUT2D eigenvalue weighted by Gasteiger charge is -2.13. The number of pyridine rings is 1. The fraction of sp³-hybridized carbons (Fsp3) is 0.130. The summed E-state index contributed by atoms with van der Waals surface area (Å²) in [5, 5.41) is 13.3. The van der Waals surface area contributed by atoms with Crippen molar-refractivity contribution in [3.63, 3.8) is 0 Å². The van der Waals surface area contributed by atoms with Gasteiger partial charge in [-0.15, -0.1) is 0 Å². The molecular formula is C23H19ClN4O3. The lowest BCUT2D eigenvalue weighted by Crippen LogP contribution is -2.18. The highest BCUT2D eigenvalue weighted by Gasteiger charge is 2.10. The van der Waals surface area contributed by atoms with E-state index in [4.69, 9.17) is 21.1 Å². The third kappa shape index (κ3) is 5.81. The van der Waals surface area contributed by atoms with E-state index in [0.29, 0.717) is 29.2 Å². The van der Waals surface area contributed by atoms with Crippen LogP contribution in [0.5, 0.6) is 11.5 Å². The Balaban J connectivity index is 1.69. The van der Waals surface area contributed by atoms with Gasteiger partial charge < -0.3 is 9.47 Å². The Labute approximate surface area is 184 Å². The Morgan fingerprint density at radius 3 is 2.81 bits per heavy atom. The van der Waals surface area contributed by atoms with Crippen LogP contribution in [0.3, 0.4) is 0 Å². The highest BCUT2D eigenvalue weighted by Crippen LogP contribution is 2.29. The van der Waals surface area contributed by atoms with Crippen LogP contribution in [0, 0.1) is 11.3 Å². The van der Waals surface area contributed by atoms with Gasteiger partial charge in [-0.2, -0.15) is 10.4 Å². The zero-order valence-electron chi connectivity index (χ0n) is 16.7. The van der Waals surface area contributed by atoms with E-state index in [0.717, 1.165) is 5.56 Å². The Hall–Kier alpha value is -3.89. The molecule has 8 heteroatoms. The number of aromatic nitrogens is 1. The van der Waals surface area contributed by atoms with E-state index in [-0.39, 0.29) is 17.3 Å². The average molecular weight is 435 g/mol. The van der Waals surface area contributed by atoms with Gasteiger partial charge in [0.1, 0.15) is 11.8 Å². The predicted octanol–water partition coefficient (Wildman–Crippen LogP) is 4.35. The number of carbonyl (C=O) groups excluding carboxylic acids is 1. The van der Waals surface area contributed by atoms with Gasteiger partial charge in [0.25, 0.3) is 5.91 Å². The molecule has 0 saturated heterocycles. The number of carbonyl (C=O) groups is 1. The van der Waals surface area contributed by atoms with E-state index in [1.54, 1.807) is 36.4 Å². The third-order valence-corrected chi connectivity index (χ3v) is 4.47. The molecule has 0 atom stereocenters. The van der Waals surface area contributed by atoms with Gasteiger partial charge in [0.15, 0.2) is 11.5 Å². The van der Waals surface area contributed by atoms with Crippen LogP contribution >= 0.6 is 11.6 Å². The summed E-state index contributed by atoms with van der Waals surface area (Å²) >= 11 is 5.91. The van der Waals surface area contributed by atoms with Crippen molar-refractivity contribution in [2.75, 3.05) is 6.61 Å². The van der Waals surface area contributed by atoms with E-state index in [9.17, 15) is 10.1 Å². The van der Waals surface area contributed by atoms with Crippen LogP contribution in [0.4, 0.5) is 0 Å². The maximum Gasteiger partial charge on any atom is 0.274 e. The SMILES string of the molecule is CCOc1cc(C=NNC(=O)c2cccnc2Cl)ccc1OCc1ccccc1C#N. The van der Waals surface area contributed by atoms with Gasteiger partial charge in [-0.25, -0.2) is 10.4 Å². The second kappa shape index (κ2) is 10.8. The fourth-order valence-corrected chi connectivity index (χ4v) is 2.89. The molecule has 2 aromatic carbocycles. The van der Waals surface area contributed by atoms with Crippen LogP contribution in [0.1, 0.15) is 34.0 Å². The maximum atomic E-state index is 12.1. The van der Waals surface area contributed by atoms with Crippen LogP contribution in [-0.4, -0.2) is 23.7 Å². The number of hydrogen-bond donors (Lipinski definition) is 1. The highest BCUT2D eigenvalue weighted by atomic mass is 35.5. The third-order valence-electron chi connectivity index (χ3n) is 4.17. The molecule has 1 amide bonds. The quantitative estimate of drug-likeness (QED) is 0.323. The minimum atomic E-state index is -0.463. The molecule has 0 unspecified atom stereocenters. The molecule has 0 aliphatic heterocycles. The summed E-state index contributed by atoms with van der Waals surface area (Å²) in [5.41, 5.74) is 4.70. The van der Waals surface area contributed by atoms with Crippen molar-refractivity contribution < 1.29 is 14.3 Å². The Bertz CT molecular complexity index is 1140. The first kappa shape index (κ1) is 21.8. The summed E-state index contributed by atoms with van der Waals surface area (Å²) in [6, 6.07) is 17.9. The lowest BCUT2D eigenvalue weighted by atomic mass is 10.1. The molecule has 7 nitrogen and oxygen atoms in total. The van der Waals surface area contributed by atoms with E-state index in [1.165, 1.54) is 12.4 Å². The fourth-order valence-electron chi connectivity index (χ4n) is 2.68. The number of ether oxygens (including phenoxy) is 2. The highest BCUT2D eigenvalue weighted by molar-refractivity contribution is 6.32. The Morgan fingerprint density at radius 2 is 2.03 bits per heavy atom. The number of benzene rings is 2. The molecule has 3 aromatic rings. The number of rotatable bonds is 8. The normalized spacial score (nSPS) is 10.5. The van der Waals surface area contributed by atoms with E-state index < -0.39 is 5.91 Å². The summed E-state index contributed by atoms with van der Waals surface area (Å²) in [6.07, 6.45) is 2.99. The Kier molecular flexibility index (Phi) is 7.57. The van der Waals surface area contributed by atoms with Crippen molar-refractivity contribution in [2.45, 2.75) is 13.5 Å². The van der Waals surface area contributed by atoms with Crippen LogP contribution in [0.2, 0.25) is 5.15 Å². The van der Waals surface area contributed by atoms with Crippen LogP contribution in [0.15, 0.2) is 65.9 Å². The summed E-state index contributed by atoms with van der Waals surface area (Å²) in [6.45, 7) is 2.55. The van der Waals surface area contributed by atoms with Crippen LogP contribution in [-0.2, 0) is 6.61 Å². The largest absolute Gasteiger partial charge is 0.490 e. The van der Waals surface area contributed by atoms with Crippen molar-refractivity contribution in [3.8, 4) is 17.6 Å². The maximum absolute atomic E-state index is 12.1. The molecule has 0 fully saturated rings. The summed E-state index contributed by atoms with van der Waals surface area (Å²) in [4.78, 5) is 16.0. The van der Waals surface area contributed by atoms with Gasteiger partial charge in [-0.1, -0.05) is 29.8 Å². The monoisotopic (exact) mass is 434 g/mol. The zero-order chi connectivity index (χ0) is 22.1. The van der Waals surface area contributed by atoms with Gasteiger partial charge in [0.2, 0.25) is 0 Å². The minimum absolute atomic E-state index is 0.105. The van der Waals surface area contributed by atoms with Crippen molar-refractivity contribution in [2.24, 2.45) is 5.10 Å². The molecule has 156 valence electrons. The number of hydrogen-bond acceptors (Lipinski definition) is 6. The first-order chi connectivity index (χ1) is 15.1. The number of nitrogens with zero attached hydrogens (tertiary/aromatic N) is 3. The van der Waals surface area contributed by atoms with Crippen molar-refractivity contribution in [1.82, 2.24) is 10.4 Å². The van der Waals surface area contributed by atoms with Gasteiger partial charge in [0.05, 0.1) is 30.0 Å². The van der Waals surface area contributed by atoms with Gasteiger partial charge >= 0.3 is 0 Å². The molecular weight excluding hydrogens is 416 g/mol. The number of hydrazone groups is 1. The number of nitriles is 1. The van der Waals surface area contributed by atoms with Crippen LogP contribution in [0.25, 0.3) is 0 Å². The molecule has 0 aliphatic carbocycles. The molecule has 1 heterocycles. The molecule has 0 saturated carbocycles.